The Morgan fingerprint density at radius 2 is 1.76 bits per heavy atom. The van der Waals surface area contributed by atoms with Crippen LogP contribution in [0.25, 0.3) is 0 Å². The maximum atomic E-state index is 13.6. The van der Waals surface area contributed by atoms with Crippen LogP contribution in [0.1, 0.15) is 24.2 Å². The molecule has 0 radical (unpaired) electrons. The van der Waals surface area contributed by atoms with Gasteiger partial charge in [0.05, 0.1) is 29.7 Å². The number of nitrogens with zero attached hydrogens (tertiary/aromatic N) is 2. The number of anilines is 2. The molecule has 10 nitrogen and oxygen atoms in total. The molecule has 0 bridgehead atoms. The molecule has 3 amide bonds. The number of halogens is 1. The van der Waals surface area contributed by atoms with Crippen molar-refractivity contribution in [3.63, 3.8) is 0 Å². The van der Waals surface area contributed by atoms with Gasteiger partial charge in [-0.05, 0) is 61.5 Å². The van der Waals surface area contributed by atoms with Gasteiger partial charge in [-0.1, -0.05) is 25.1 Å². The predicted molar refractivity (Wildman–Crippen MR) is 153 cm³/mol. The minimum absolute atomic E-state index is 0.0597. The first-order chi connectivity index (χ1) is 19.5. The zero-order valence-electron chi connectivity index (χ0n) is 23.0. The van der Waals surface area contributed by atoms with Gasteiger partial charge in [-0.3, -0.25) is 4.79 Å². The first-order valence-corrected chi connectivity index (χ1v) is 14.5. The molecule has 12 heteroatoms. The Kier molecular flexibility index (Phi) is 9.26. The fourth-order valence-corrected chi connectivity index (χ4v) is 5.65. The smallest absolute Gasteiger partial charge is 0.323 e. The molecule has 0 aromatic heterocycles. The third-order valence-corrected chi connectivity index (χ3v) is 8.75. The fourth-order valence-electron chi connectivity index (χ4n) is 4.47. The van der Waals surface area contributed by atoms with Gasteiger partial charge in [0.25, 0.3) is 5.91 Å². The number of nitrogens with one attached hydrogen (secondary N) is 2. The first-order valence-electron chi connectivity index (χ1n) is 13.1. The number of sulfonamides is 1. The molecular formula is C29H33FN4O6S. The Labute approximate surface area is 238 Å². The average Bonchev–Trinajstić information content (AvgIpc) is 2.95. The van der Waals surface area contributed by atoms with Crippen molar-refractivity contribution in [3.8, 4) is 5.75 Å². The van der Waals surface area contributed by atoms with Crippen molar-refractivity contribution in [2.24, 2.45) is 5.92 Å². The fraction of sp³-hybridized carbons (Fsp3) is 0.310. The van der Waals surface area contributed by atoms with E-state index in [4.69, 9.17) is 4.74 Å². The summed E-state index contributed by atoms with van der Waals surface area (Å²) in [7, 11) is -2.55. The van der Waals surface area contributed by atoms with Crippen molar-refractivity contribution in [2.45, 2.75) is 30.9 Å². The Bertz CT molecular complexity index is 1490. The highest BCUT2D eigenvalue weighted by atomic mass is 32.2. The summed E-state index contributed by atoms with van der Waals surface area (Å²) in [6.07, 6.45) is -0.685. The Balaban J connectivity index is 1.61. The number of para-hydroxylation sites is 1. The minimum Gasteiger partial charge on any atom is -0.488 e. The minimum atomic E-state index is -3.96. The van der Waals surface area contributed by atoms with Crippen LogP contribution in [-0.4, -0.2) is 73.6 Å². The van der Waals surface area contributed by atoms with Crippen LogP contribution in [0.3, 0.4) is 0 Å². The highest BCUT2D eigenvalue weighted by Gasteiger charge is 2.35. The molecule has 3 atom stereocenters. The van der Waals surface area contributed by atoms with E-state index in [1.807, 2.05) is 13.0 Å². The Morgan fingerprint density at radius 1 is 1.10 bits per heavy atom. The predicted octanol–water partition coefficient (Wildman–Crippen LogP) is 4.01. The second kappa shape index (κ2) is 12.7. The largest absolute Gasteiger partial charge is 0.488 e. The first kappa shape index (κ1) is 30.0. The molecule has 1 aliphatic rings. The summed E-state index contributed by atoms with van der Waals surface area (Å²) in [5.74, 6) is -1.06. The molecule has 0 spiro atoms. The topological polar surface area (TPSA) is 128 Å². The van der Waals surface area contributed by atoms with E-state index >= 15 is 0 Å². The van der Waals surface area contributed by atoms with Gasteiger partial charge >= 0.3 is 6.03 Å². The zero-order valence-corrected chi connectivity index (χ0v) is 23.8. The normalized spacial score (nSPS) is 18.1. The van der Waals surface area contributed by atoms with Gasteiger partial charge in [-0.2, -0.15) is 4.31 Å². The van der Waals surface area contributed by atoms with Crippen LogP contribution in [0.4, 0.5) is 20.6 Å². The van der Waals surface area contributed by atoms with Crippen molar-refractivity contribution in [1.82, 2.24) is 9.21 Å². The highest BCUT2D eigenvalue weighted by Crippen LogP contribution is 2.31. The molecule has 3 aromatic rings. The number of hydrogen-bond acceptors (Lipinski definition) is 6. The number of ether oxygens (including phenoxy) is 1. The SMILES string of the molecule is C[C@H](CO)N1C[C@H](C)[C@H](CN(C)S(=O)(=O)c2ccc(F)cc2)Oc2ccc(NC(=O)Nc3ccccc3)cc2C1=O. The summed E-state index contributed by atoms with van der Waals surface area (Å²) in [5.41, 5.74) is 1.09. The van der Waals surface area contributed by atoms with Crippen LogP contribution < -0.4 is 15.4 Å². The van der Waals surface area contributed by atoms with E-state index < -0.39 is 39.9 Å². The van der Waals surface area contributed by atoms with Crippen LogP contribution in [-0.2, 0) is 10.0 Å². The van der Waals surface area contributed by atoms with Gasteiger partial charge < -0.3 is 25.4 Å². The second-order valence-corrected chi connectivity index (χ2v) is 12.1. The summed E-state index contributed by atoms with van der Waals surface area (Å²) in [6, 6.07) is 17.0. The monoisotopic (exact) mass is 584 g/mol. The lowest BCUT2D eigenvalue weighted by Crippen LogP contribution is -2.50. The molecule has 0 saturated carbocycles. The van der Waals surface area contributed by atoms with Gasteiger partial charge in [0.1, 0.15) is 17.7 Å². The molecule has 3 aromatic carbocycles. The molecular weight excluding hydrogens is 551 g/mol. The number of aliphatic hydroxyl groups is 1. The zero-order chi connectivity index (χ0) is 29.7. The van der Waals surface area contributed by atoms with E-state index in [0.717, 1.165) is 16.4 Å². The second-order valence-electron chi connectivity index (χ2n) is 10.0. The highest BCUT2D eigenvalue weighted by molar-refractivity contribution is 7.89. The number of aliphatic hydroxyl groups excluding tert-OH is 1. The van der Waals surface area contributed by atoms with E-state index in [0.29, 0.717) is 11.4 Å². The van der Waals surface area contributed by atoms with Crippen LogP contribution in [0.15, 0.2) is 77.7 Å². The number of carbonyl (C=O) groups is 2. The van der Waals surface area contributed by atoms with Crippen molar-refractivity contribution >= 4 is 33.3 Å². The maximum Gasteiger partial charge on any atom is 0.323 e. The van der Waals surface area contributed by atoms with E-state index in [-0.39, 0.29) is 41.8 Å². The number of amides is 3. The number of carbonyl (C=O) groups excluding carboxylic acids is 2. The van der Waals surface area contributed by atoms with E-state index in [1.54, 1.807) is 43.3 Å². The number of benzene rings is 3. The molecule has 0 unspecified atom stereocenters. The third-order valence-electron chi connectivity index (χ3n) is 6.91. The number of urea groups is 1. The quantitative estimate of drug-likeness (QED) is 0.367. The number of likely N-dealkylation sites (N-methyl/N-ethyl adjacent to an activating group) is 1. The maximum absolute atomic E-state index is 13.6. The van der Waals surface area contributed by atoms with Gasteiger partial charge in [-0.25, -0.2) is 17.6 Å². The summed E-state index contributed by atoms with van der Waals surface area (Å²) in [5, 5.41) is 15.3. The molecule has 0 saturated heterocycles. The summed E-state index contributed by atoms with van der Waals surface area (Å²) in [6.45, 7) is 3.39. The molecule has 41 heavy (non-hydrogen) atoms. The van der Waals surface area contributed by atoms with E-state index in [9.17, 15) is 27.5 Å². The van der Waals surface area contributed by atoms with Crippen LogP contribution in [0.5, 0.6) is 5.75 Å². The molecule has 218 valence electrons. The van der Waals surface area contributed by atoms with Crippen LogP contribution in [0.2, 0.25) is 0 Å². The van der Waals surface area contributed by atoms with E-state index in [1.165, 1.54) is 30.1 Å². The van der Waals surface area contributed by atoms with Gasteiger partial charge in [0.2, 0.25) is 10.0 Å². The van der Waals surface area contributed by atoms with Crippen molar-refractivity contribution < 1.29 is 32.2 Å². The lowest BCUT2D eigenvalue weighted by molar-refractivity contribution is 0.0387. The molecule has 0 fully saturated rings. The van der Waals surface area contributed by atoms with Crippen LogP contribution >= 0.6 is 0 Å². The summed E-state index contributed by atoms with van der Waals surface area (Å²) < 4.78 is 47.1. The van der Waals surface area contributed by atoms with Crippen molar-refractivity contribution in [1.29, 1.82) is 0 Å². The van der Waals surface area contributed by atoms with Gasteiger partial charge in [0.15, 0.2) is 0 Å². The standard InChI is InChI=1S/C29H33FN4O6S/c1-19-16-34(20(2)18-35)28(36)25-15-23(32-29(37)31-22-7-5-4-6-8-22)11-14-26(25)40-27(19)17-33(3)41(38,39)24-12-9-21(30)10-13-24/h4-15,19-20,27,35H,16-18H2,1-3H3,(H2,31,32,37)/t19-,20+,27-/m0/s1. The van der Waals surface area contributed by atoms with Gasteiger partial charge in [-0.15, -0.1) is 0 Å². The van der Waals surface area contributed by atoms with Gasteiger partial charge in [0, 0.05) is 30.9 Å². The number of rotatable bonds is 8. The molecule has 1 heterocycles. The average molecular weight is 585 g/mol. The van der Waals surface area contributed by atoms with Crippen molar-refractivity contribution in [3.05, 3.63) is 84.2 Å². The third kappa shape index (κ3) is 7.02. The number of hydrogen-bond donors (Lipinski definition) is 3. The molecule has 1 aliphatic heterocycles. The molecule has 4 rings (SSSR count). The van der Waals surface area contributed by atoms with Crippen molar-refractivity contribution in [2.75, 3.05) is 37.4 Å². The summed E-state index contributed by atoms with van der Waals surface area (Å²) in [4.78, 5) is 27.6. The molecule has 3 N–H and O–H groups in total. The number of fused-ring (bicyclic) bond motifs is 1. The lowest BCUT2D eigenvalue weighted by atomic mass is 9.99. The molecule has 0 aliphatic carbocycles. The Hall–Kier alpha value is -4.00. The Morgan fingerprint density at radius 3 is 2.41 bits per heavy atom. The van der Waals surface area contributed by atoms with Crippen LogP contribution in [0, 0.1) is 11.7 Å². The lowest BCUT2D eigenvalue weighted by Gasteiger charge is -2.38. The summed E-state index contributed by atoms with van der Waals surface area (Å²) >= 11 is 0. The van der Waals surface area contributed by atoms with E-state index in [2.05, 4.69) is 10.6 Å².